The number of esters is 1. The number of carbonyl (C=O) groups excluding carboxylic acids is 1. The molecular formula is C25H32N2O2. The molecule has 3 atom stereocenters. The van der Waals surface area contributed by atoms with E-state index in [0.29, 0.717) is 23.7 Å². The first-order chi connectivity index (χ1) is 13.8. The molecule has 154 valence electrons. The Balaban J connectivity index is 1.67. The van der Waals surface area contributed by atoms with Gasteiger partial charge in [-0.1, -0.05) is 24.3 Å². The molecule has 0 spiro atoms. The average Bonchev–Trinajstić information content (AvgIpc) is 2.89. The molecule has 2 aliphatic rings. The van der Waals surface area contributed by atoms with E-state index >= 15 is 0 Å². The summed E-state index contributed by atoms with van der Waals surface area (Å²) in [5, 5.41) is 0. The van der Waals surface area contributed by atoms with Gasteiger partial charge in [0.2, 0.25) is 0 Å². The molecule has 29 heavy (non-hydrogen) atoms. The van der Waals surface area contributed by atoms with Crippen LogP contribution in [0.4, 0.5) is 11.4 Å². The van der Waals surface area contributed by atoms with Gasteiger partial charge in [-0.05, 0) is 83.8 Å². The van der Waals surface area contributed by atoms with Gasteiger partial charge in [0.25, 0.3) is 0 Å². The van der Waals surface area contributed by atoms with E-state index in [4.69, 9.17) is 4.74 Å². The van der Waals surface area contributed by atoms with Crippen molar-refractivity contribution >= 4 is 17.3 Å². The fraction of sp³-hybridized carbons (Fsp3) is 0.480. The maximum Gasteiger partial charge on any atom is 0.338 e. The van der Waals surface area contributed by atoms with Crippen molar-refractivity contribution in [3.05, 3.63) is 60.2 Å². The Bertz CT molecular complexity index is 845. The average molecular weight is 393 g/mol. The van der Waals surface area contributed by atoms with Crippen LogP contribution in [0.1, 0.15) is 56.8 Å². The lowest BCUT2D eigenvalue weighted by molar-refractivity contribution is 0.00695. The predicted molar refractivity (Wildman–Crippen MR) is 118 cm³/mol. The highest BCUT2D eigenvalue weighted by atomic mass is 16.6. The largest absolute Gasteiger partial charge is 0.456 e. The maximum absolute atomic E-state index is 12.7. The zero-order chi connectivity index (χ0) is 20.6. The molecule has 0 amide bonds. The number of hydrogen-bond acceptors (Lipinski definition) is 4. The molecule has 0 aromatic heterocycles. The summed E-state index contributed by atoms with van der Waals surface area (Å²) in [4.78, 5) is 17.7. The van der Waals surface area contributed by atoms with Crippen LogP contribution >= 0.6 is 0 Å². The number of benzene rings is 2. The first kappa shape index (κ1) is 20.0. The number of anilines is 2. The minimum absolute atomic E-state index is 0.268. The van der Waals surface area contributed by atoms with Crippen LogP contribution in [0.15, 0.2) is 54.6 Å². The minimum atomic E-state index is -0.501. The number of hydrogen-bond donors (Lipinski definition) is 0. The number of para-hydroxylation sites is 1. The Hall–Kier alpha value is -2.33. The second-order valence-electron chi connectivity index (χ2n) is 9.43. The molecule has 4 rings (SSSR count). The molecule has 2 heterocycles. The summed E-state index contributed by atoms with van der Waals surface area (Å²) in [6.45, 7) is 5.71. The van der Waals surface area contributed by atoms with E-state index in [-0.39, 0.29) is 5.97 Å². The van der Waals surface area contributed by atoms with Gasteiger partial charge in [-0.15, -0.1) is 0 Å². The maximum atomic E-state index is 12.7. The quantitative estimate of drug-likeness (QED) is 0.652. The molecule has 2 bridgehead atoms. The minimum Gasteiger partial charge on any atom is -0.456 e. The highest BCUT2D eigenvalue weighted by Crippen LogP contribution is 2.40. The molecule has 4 heteroatoms. The summed E-state index contributed by atoms with van der Waals surface area (Å²) in [5.41, 5.74) is 2.35. The predicted octanol–water partition coefficient (Wildman–Crippen LogP) is 5.41. The number of carbonyl (C=O) groups is 1. The van der Waals surface area contributed by atoms with Crippen molar-refractivity contribution in [2.45, 2.75) is 70.2 Å². The van der Waals surface area contributed by atoms with Crippen LogP contribution in [-0.4, -0.2) is 41.6 Å². The smallest absolute Gasteiger partial charge is 0.338 e. The second kappa shape index (κ2) is 7.83. The molecule has 2 fully saturated rings. The van der Waals surface area contributed by atoms with Crippen molar-refractivity contribution in [3.8, 4) is 0 Å². The zero-order valence-corrected chi connectivity index (χ0v) is 18.0. The van der Waals surface area contributed by atoms with E-state index in [9.17, 15) is 4.79 Å². The lowest BCUT2D eigenvalue weighted by Gasteiger charge is -2.43. The number of rotatable bonds is 4. The first-order valence-corrected chi connectivity index (χ1v) is 10.7. The number of piperidine rings is 1. The molecule has 0 radical (unpaired) electrons. The van der Waals surface area contributed by atoms with Crippen molar-refractivity contribution in [2.24, 2.45) is 0 Å². The fourth-order valence-electron chi connectivity index (χ4n) is 4.87. The highest BCUT2D eigenvalue weighted by molar-refractivity contribution is 5.91. The van der Waals surface area contributed by atoms with Gasteiger partial charge in [0, 0.05) is 29.5 Å². The Morgan fingerprint density at radius 3 is 2.21 bits per heavy atom. The summed E-state index contributed by atoms with van der Waals surface area (Å²) in [7, 11) is 2.27. The van der Waals surface area contributed by atoms with Crippen LogP contribution in [0.25, 0.3) is 0 Å². The van der Waals surface area contributed by atoms with Gasteiger partial charge in [0.1, 0.15) is 5.60 Å². The Morgan fingerprint density at radius 1 is 0.966 bits per heavy atom. The molecule has 2 aromatic rings. The highest BCUT2D eigenvalue weighted by Gasteiger charge is 2.41. The van der Waals surface area contributed by atoms with Crippen molar-refractivity contribution in [1.29, 1.82) is 0 Å². The Kier molecular flexibility index (Phi) is 5.39. The summed E-state index contributed by atoms with van der Waals surface area (Å²) in [5.74, 6) is -0.268. The van der Waals surface area contributed by atoms with E-state index in [0.717, 1.165) is 18.5 Å². The number of fused-ring (bicyclic) bond motifs is 2. The van der Waals surface area contributed by atoms with Crippen LogP contribution in [0.5, 0.6) is 0 Å². The van der Waals surface area contributed by atoms with Crippen molar-refractivity contribution in [3.63, 3.8) is 0 Å². The van der Waals surface area contributed by atoms with Crippen molar-refractivity contribution in [1.82, 2.24) is 4.90 Å². The SMILES string of the molecule is CN1[C@@H]2CC[C@H]1C[C@@H](N(c1ccccc1)c1cccc(C(=O)OC(C)(C)C)c1)C2. The van der Waals surface area contributed by atoms with E-state index < -0.39 is 5.60 Å². The molecule has 4 nitrogen and oxygen atoms in total. The van der Waals surface area contributed by atoms with E-state index in [1.807, 2.05) is 39.0 Å². The topological polar surface area (TPSA) is 32.8 Å². The summed E-state index contributed by atoms with van der Waals surface area (Å²) >= 11 is 0. The normalized spacial score (nSPS) is 24.3. The van der Waals surface area contributed by atoms with Gasteiger partial charge in [-0.2, -0.15) is 0 Å². The molecule has 2 saturated heterocycles. The lowest BCUT2D eigenvalue weighted by Crippen LogP contribution is -2.47. The molecule has 0 aliphatic carbocycles. The fourth-order valence-corrected chi connectivity index (χ4v) is 4.87. The van der Waals surface area contributed by atoms with Gasteiger partial charge < -0.3 is 14.5 Å². The van der Waals surface area contributed by atoms with E-state index in [1.54, 1.807) is 0 Å². The van der Waals surface area contributed by atoms with Crippen LogP contribution in [0.3, 0.4) is 0 Å². The second-order valence-corrected chi connectivity index (χ2v) is 9.43. The summed E-state index contributed by atoms with van der Waals surface area (Å²) in [6.07, 6.45) is 4.88. The van der Waals surface area contributed by atoms with Gasteiger partial charge >= 0.3 is 5.97 Å². The zero-order valence-electron chi connectivity index (χ0n) is 18.0. The number of nitrogens with zero attached hydrogens (tertiary/aromatic N) is 2. The van der Waals surface area contributed by atoms with Gasteiger partial charge in [0.05, 0.1) is 5.56 Å². The van der Waals surface area contributed by atoms with Crippen LogP contribution < -0.4 is 4.90 Å². The molecule has 0 saturated carbocycles. The summed E-state index contributed by atoms with van der Waals surface area (Å²) in [6, 6.07) is 20.2. The Morgan fingerprint density at radius 2 is 1.59 bits per heavy atom. The van der Waals surface area contributed by atoms with Gasteiger partial charge in [0.15, 0.2) is 0 Å². The van der Waals surface area contributed by atoms with Crippen molar-refractivity contribution < 1.29 is 9.53 Å². The van der Waals surface area contributed by atoms with Crippen molar-refractivity contribution in [2.75, 3.05) is 11.9 Å². The van der Waals surface area contributed by atoms with E-state index in [1.165, 1.54) is 18.5 Å². The van der Waals surface area contributed by atoms with Gasteiger partial charge in [-0.3, -0.25) is 0 Å². The standard InChI is InChI=1S/C25H32N2O2/c1-25(2,3)29-24(28)18-9-8-12-22(15-18)27(19-10-6-5-7-11-19)23-16-20-13-14-21(17-23)26(20)4/h5-12,15,20-21,23H,13-14,16-17H2,1-4H3/t20-,21+,23+. The van der Waals surface area contributed by atoms with Crippen LogP contribution in [-0.2, 0) is 4.74 Å². The molecule has 2 aromatic carbocycles. The molecule has 2 aliphatic heterocycles. The third-order valence-corrected chi connectivity index (χ3v) is 6.23. The van der Waals surface area contributed by atoms with Gasteiger partial charge in [-0.25, -0.2) is 4.79 Å². The molecule has 0 unspecified atom stereocenters. The first-order valence-electron chi connectivity index (χ1n) is 10.7. The third kappa shape index (κ3) is 4.32. The molecule has 0 N–H and O–H groups in total. The Labute approximate surface area is 174 Å². The third-order valence-electron chi connectivity index (χ3n) is 6.23. The lowest BCUT2D eigenvalue weighted by atomic mass is 9.95. The summed E-state index contributed by atoms with van der Waals surface area (Å²) < 4.78 is 5.60. The van der Waals surface area contributed by atoms with E-state index in [2.05, 4.69) is 53.2 Å². The molecular weight excluding hydrogens is 360 g/mol. The van der Waals surface area contributed by atoms with Crippen LogP contribution in [0.2, 0.25) is 0 Å². The monoisotopic (exact) mass is 392 g/mol. The van der Waals surface area contributed by atoms with Crippen LogP contribution in [0, 0.1) is 0 Å². The number of ether oxygens (including phenoxy) is 1.